The van der Waals surface area contributed by atoms with Crippen molar-refractivity contribution in [1.82, 2.24) is 19.9 Å². The second-order valence-electron chi connectivity index (χ2n) is 11.7. The van der Waals surface area contributed by atoms with Crippen LogP contribution in [0.4, 0.5) is 14.6 Å². The van der Waals surface area contributed by atoms with E-state index >= 15 is 8.78 Å². The number of alkyl halides is 2. The van der Waals surface area contributed by atoms with Crippen LogP contribution in [0.25, 0.3) is 11.0 Å². The Kier molecular flexibility index (Phi) is 9.36. The summed E-state index contributed by atoms with van der Waals surface area (Å²) in [4.78, 5) is 15.7. The molecule has 0 bridgehead atoms. The lowest BCUT2D eigenvalue weighted by atomic mass is 9.85. The summed E-state index contributed by atoms with van der Waals surface area (Å²) >= 11 is 0. The van der Waals surface area contributed by atoms with Crippen LogP contribution >= 0.6 is 0 Å². The zero-order chi connectivity index (χ0) is 30.5. The molecule has 43 heavy (non-hydrogen) atoms. The van der Waals surface area contributed by atoms with Gasteiger partial charge in [0.2, 0.25) is 5.88 Å². The van der Waals surface area contributed by atoms with Gasteiger partial charge in [-0.05, 0) is 82.7 Å². The fourth-order valence-electron chi connectivity index (χ4n) is 5.86. The number of aromatic nitrogens is 3. The van der Waals surface area contributed by atoms with Gasteiger partial charge in [0.05, 0.1) is 23.5 Å². The highest BCUT2D eigenvalue weighted by atomic mass is 19.3. The standard InChI is InChI=1S/C34H40F2N6O/c1-4-6-7-8-19-43-32-29(33(22-37)14-15-33)21-28-30(38-23-39-31(28)41-32)40-24(3)25-10-9-11-27(20-25)34(35,36)26-12-17-42(16-5-2)18-13-26/h4-5,9-11,20-21,23-24,26H,1-2,6-8,12-19H2,3H3,(H,38,39,40,41)/t24-/m1/s1. The molecule has 1 aliphatic heterocycles. The molecule has 3 heterocycles. The lowest BCUT2D eigenvalue weighted by molar-refractivity contribution is -0.0847. The number of halogens is 2. The van der Waals surface area contributed by atoms with Crippen molar-refractivity contribution in [2.24, 2.45) is 5.92 Å². The van der Waals surface area contributed by atoms with Crippen LogP contribution in [-0.2, 0) is 11.3 Å². The Balaban J connectivity index is 1.37. The molecule has 5 rings (SSSR count). The number of pyridine rings is 1. The monoisotopic (exact) mass is 586 g/mol. The number of anilines is 1. The van der Waals surface area contributed by atoms with Crippen molar-refractivity contribution in [2.45, 2.75) is 69.2 Å². The maximum Gasteiger partial charge on any atom is 0.276 e. The summed E-state index contributed by atoms with van der Waals surface area (Å²) in [6.07, 6.45) is 10.3. The summed E-state index contributed by atoms with van der Waals surface area (Å²) in [6.45, 7) is 12.0. The van der Waals surface area contributed by atoms with Crippen LogP contribution in [0.3, 0.4) is 0 Å². The molecule has 2 aromatic heterocycles. The van der Waals surface area contributed by atoms with E-state index in [1.807, 2.05) is 31.2 Å². The number of benzene rings is 1. The lowest BCUT2D eigenvalue weighted by Gasteiger charge is -2.35. The predicted molar refractivity (Wildman–Crippen MR) is 165 cm³/mol. The van der Waals surface area contributed by atoms with Crippen molar-refractivity contribution in [3.63, 3.8) is 0 Å². The third-order valence-electron chi connectivity index (χ3n) is 8.72. The number of fused-ring (bicyclic) bond motifs is 1. The quantitative estimate of drug-likeness (QED) is 0.155. The van der Waals surface area contributed by atoms with Crippen molar-refractivity contribution in [2.75, 3.05) is 31.6 Å². The summed E-state index contributed by atoms with van der Waals surface area (Å²) in [5, 5.41) is 14.0. The second-order valence-corrected chi connectivity index (χ2v) is 11.7. The molecule has 1 aliphatic carbocycles. The zero-order valence-electron chi connectivity index (χ0n) is 24.9. The highest BCUT2D eigenvalue weighted by Crippen LogP contribution is 2.51. The van der Waals surface area contributed by atoms with Gasteiger partial charge in [0.15, 0.2) is 5.65 Å². The minimum Gasteiger partial charge on any atom is -0.477 e. The van der Waals surface area contributed by atoms with Gasteiger partial charge in [-0.3, -0.25) is 4.90 Å². The van der Waals surface area contributed by atoms with Gasteiger partial charge in [0, 0.05) is 29.6 Å². The van der Waals surface area contributed by atoms with E-state index in [1.165, 1.54) is 12.4 Å². The number of likely N-dealkylation sites (tertiary alicyclic amines) is 1. The number of nitrogens with zero attached hydrogens (tertiary/aromatic N) is 5. The number of piperidine rings is 1. The molecule has 0 radical (unpaired) electrons. The fourth-order valence-corrected chi connectivity index (χ4v) is 5.86. The van der Waals surface area contributed by atoms with E-state index in [9.17, 15) is 5.26 Å². The average molecular weight is 587 g/mol. The Morgan fingerprint density at radius 3 is 2.67 bits per heavy atom. The smallest absolute Gasteiger partial charge is 0.276 e. The minimum absolute atomic E-state index is 0.0388. The van der Waals surface area contributed by atoms with Crippen LogP contribution in [0.15, 0.2) is 62.0 Å². The molecule has 2 aliphatic rings. The maximum atomic E-state index is 15.7. The molecule has 0 spiro atoms. The molecular formula is C34H40F2N6O. The molecular weight excluding hydrogens is 546 g/mol. The summed E-state index contributed by atoms with van der Waals surface area (Å²) in [6, 6.07) is 10.7. The summed E-state index contributed by atoms with van der Waals surface area (Å²) < 4.78 is 37.4. The van der Waals surface area contributed by atoms with Crippen molar-refractivity contribution in [1.29, 1.82) is 5.26 Å². The molecule has 9 heteroatoms. The van der Waals surface area contributed by atoms with Crippen LogP contribution in [0, 0.1) is 17.2 Å². The number of hydrogen-bond donors (Lipinski definition) is 1. The van der Waals surface area contributed by atoms with Crippen molar-refractivity contribution >= 4 is 16.9 Å². The van der Waals surface area contributed by atoms with E-state index in [0.717, 1.165) is 49.8 Å². The SMILES string of the molecule is C=CCCCCOc1nc2ncnc(N[C@H](C)c3cccc(C(F)(F)C4CCN(CC=C)CC4)c3)c2cc1C1(C#N)CC1. The average Bonchev–Trinajstić information content (AvgIpc) is 3.82. The van der Waals surface area contributed by atoms with Crippen molar-refractivity contribution in [3.05, 3.63) is 78.7 Å². The normalized spacial score (nSPS) is 17.6. The topological polar surface area (TPSA) is 87.0 Å². The van der Waals surface area contributed by atoms with Gasteiger partial charge >= 0.3 is 0 Å². The van der Waals surface area contributed by atoms with Crippen LogP contribution in [0.2, 0.25) is 0 Å². The molecule has 2 fully saturated rings. The maximum absolute atomic E-state index is 15.7. The summed E-state index contributed by atoms with van der Waals surface area (Å²) in [5.41, 5.74) is 1.34. The first-order chi connectivity index (χ1) is 20.8. The number of hydrogen-bond acceptors (Lipinski definition) is 7. The van der Waals surface area contributed by atoms with Gasteiger partial charge in [0.1, 0.15) is 12.1 Å². The van der Waals surface area contributed by atoms with Gasteiger partial charge in [-0.2, -0.15) is 10.2 Å². The van der Waals surface area contributed by atoms with Crippen LogP contribution in [-0.4, -0.2) is 46.1 Å². The Morgan fingerprint density at radius 2 is 1.98 bits per heavy atom. The van der Waals surface area contributed by atoms with Crippen LogP contribution in [0.1, 0.15) is 74.6 Å². The molecule has 1 saturated heterocycles. The van der Waals surface area contributed by atoms with E-state index < -0.39 is 17.3 Å². The Hall–Kier alpha value is -3.90. The molecule has 1 saturated carbocycles. The molecule has 1 atom stereocenters. The van der Waals surface area contributed by atoms with Gasteiger partial charge in [-0.15, -0.1) is 13.2 Å². The third kappa shape index (κ3) is 6.70. The largest absolute Gasteiger partial charge is 0.477 e. The number of nitriles is 1. The van der Waals surface area contributed by atoms with Crippen molar-refractivity contribution in [3.8, 4) is 11.9 Å². The minimum atomic E-state index is -2.92. The first-order valence-electron chi connectivity index (χ1n) is 15.2. The predicted octanol–water partition coefficient (Wildman–Crippen LogP) is 7.48. The van der Waals surface area contributed by atoms with Gasteiger partial charge in [-0.1, -0.05) is 30.4 Å². The number of rotatable bonds is 14. The Labute approximate surface area is 252 Å². The van der Waals surface area contributed by atoms with E-state index in [1.54, 1.807) is 12.1 Å². The molecule has 0 amide bonds. The van der Waals surface area contributed by atoms with Crippen LogP contribution in [0.5, 0.6) is 5.88 Å². The zero-order valence-corrected chi connectivity index (χ0v) is 24.9. The molecule has 1 aromatic carbocycles. The summed E-state index contributed by atoms with van der Waals surface area (Å²) in [5.74, 6) is -2.65. The number of unbranched alkanes of at least 4 members (excludes halogenated alkanes) is 2. The number of allylic oxidation sites excluding steroid dienone is 1. The molecule has 1 N–H and O–H groups in total. The Bertz CT molecular complexity index is 1490. The first kappa shape index (κ1) is 30.6. The molecule has 3 aromatic rings. The van der Waals surface area contributed by atoms with E-state index in [-0.39, 0.29) is 11.6 Å². The lowest BCUT2D eigenvalue weighted by Crippen LogP contribution is -2.39. The second kappa shape index (κ2) is 13.2. The number of nitrogens with one attached hydrogen (secondary N) is 1. The van der Waals surface area contributed by atoms with Gasteiger partial charge in [-0.25, -0.2) is 18.7 Å². The first-order valence-corrected chi connectivity index (χ1v) is 15.2. The fraction of sp³-hybridized carbons (Fsp3) is 0.471. The molecule has 0 unspecified atom stereocenters. The third-order valence-corrected chi connectivity index (χ3v) is 8.72. The highest BCUT2D eigenvalue weighted by Gasteiger charge is 2.48. The van der Waals surface area contributed by atoms with Crippen molar-refractivity contribution < 1.29 is 13.5 Å². The van der Waals surface area contributed by atoms with E-state index in [0.29, 0.717) is 55.3 Å². The van der Waals surface area contributed by atoms with Crippen LogP contribution < -0.4 is 10.1 Å². The molecule has 226 valence electrons. The van der Waals surface area contributed by atoms with E-state index in [4.69, 9.17) is 9.72 Å². The van der Waals surface area contributed by atoms with E-state index in [2.05, 4.69) is 39.4 Å². The molecule has 7 nitrogen and oxygen atoms in total. The summed E-state index contributed by atoms with van der Waals surface area (Å²) in [7, 11) is 0. The Morgan fingerprint density at radius 1 is 1.19 bits per heavy atom. The van der Waals surface area contributed by atoms with Gasteiger partial charge < -0.3 is 10.1 Å². The number of ether oxygens (including phenoxy) is 1. The highest BCUT2D eigenvalue weighted by molar-refractivity contribution is 5.88. The van der Waals surface area contributed by atoms with Gasteiger partial charge in [0.25, 0.3) is 5.92 Å².